The van der Waals surface area contributed by atoms with Crippen LogP contribution in [0, 0.1) is 0 Å². The van der Waals surface area contributed by atoms with E-state index in [1.54, 1.807) is 0 Å². The van der Waals surface area contributed by atoms with Crippen molar-refractivity contribution in [3.63, 3.8) is 0 Å². The molecule has 3 aromatic rings. The van der Waals surface area contributed by atoms with Crippen molar-refractivity contribution in [2.45, 2.75) is 19.0 Å². The second-order valence-electron chi connectivity index (χ2n) is 6.57. The first-order valence-electron chi connectivity index (χ1n) is 9.31. The molecule has 3 rings (SSSR count). The second-order valence-corrected chi connectivity index (χ2v) is 7.60. The lowest BCUT2D eigenvalue weighted by Gasteiger charge is -2.12. The molecule has 0 spiro atoms. The Balaban J connectivity index is 1.44. The minimum atomic E-state index is -4.80. The number of fused-ring (bicyclic) bond motifs is 1. The van der Waals surface area contributed by atoms with E-state index in [4.69, 9.17) is 10.5 Å². The number of benzene rings is 2. The van der Waals surface area contributed by atoms with Crippen LogP contribution in [-0.2, 0) is 20.9 Å². The average Bonchev–Trinajstić information content (AvgIpc) is 3.12. The van der Waals surface area contributed by atoms with Crippen molar-refractivity contribution in [3.05, 3.63) is 54.1 Å². The number of alkyl halides is 3. The molecule has 1 aromatic heterocycles. The van der Waals surface area contributed by atoms with E-state index in [2.05, 4.69) is 20.4 Å². The zero-order valence-electron chi connectivity index (χ0n) is 16.5. The molecule has 0 radical (unpaired) electrons. The van der Waals surface area contributed by atoms with E-state index < -0.39 is 24.2 Å². The zero-order chi connectivity index (χ0) is 23.1. The van der Waals surface area contributed by atoms with E-state index >= 15 is 0 Å². The molecule has 0 unspecified atom stereocenters. The summed E-state index contributed by atoms with van der Waals surface area (Å²) in [7, 11) is 0. The molecule has 0 saturated carbocycles. The Morgan fingerprint density at radius 1 is 1.16 bits per heavy atom. The first kappa shape index (κ1) is 23.4. The van der Waals surface area contributed by atoms with Crippen LogP contribution in [-0.4, -0.2) is 42.4 Å². The summed E-state index contributed by atoms with van der Waals surface area (Å²) in [6, 6.07) is 12.1. The van der Waals surface area contributed by atoms with Gasteiger partial charge in [-0.2, -0.15) is 0 Å². The maximum atomic E-state index is 12.3. The fourth-order valence-electron chi connectivity index (χ4n) is 2.57. The van der Waals surface area contributed by atoms with Gasteiger partial charge in [0.1, 0.15) is 11.8 Å². The van der Waals surface area contributed by atoms with Gasteiger partial charge in [0.2, 0.25) is 11.8 Å². The smallest absolute Gasteiger partial charge is 0.406 e. The molecule has 0 fully saturated rings. The highest BCUT2D eigenvalue weighted by Crippen LogP contribution is 2.31. The molecule has 4 N–H and O–H groups in total. The number of nitrogens with one attached hydrogen (secondary N) is 2. The maximum absolute atomic E-state index is 12.3. The number of carbonyl (C=O) groups excluding carboxylic acids is 2. The molecule has 170 valence electrons. The van der Waals surface area contributed by atoms with E-state index in [-0.39, 0.29) is 24.0 Å². The van der Waals surface area contributed by atoms with Gasteiger partial charge in [0.05, 0.1) is 30.0 Å². The summed E-state index contributed by atoms with van der Waals surface area (Å²) in [5, 5.41) is 5.04. The van der Waals surface area contributed by atoms with Crippen molar-refractivity contribution in [3.8, 4) is 5.75 Å². The molecule has 1 heterocycles. The summed E-state index contributed by atoms with van der Waals surface area (Å²) in [5.41, 5.74) is 7.09. The van der Waals surface area contributed by atoms with Crippen LogP contribution in [0.2, 0.25) is 0 Å². The number of thiazole rings is 1. The summed E-state index contributed by atoms with van der Waals surface area (Å²) in [4.78, 5) is 28.2. The second kappa shape index (κ2) is 10.4. The van der Waals surface area contributed by atoms with Crippen LogP contribution in [0.4, 0.5) is 18.3 Å². The molecule has 12 heteroatoms. The Bertz CT molecular complexity index is 1080. The van der Waals surface area contributed by atoms with Crippen molar-refractivity contribution in [1.29, 1.82) is 0 Å². The number of anilines is 1. The van der Waals surface area contributed by atoms with Gasteiger partial charge in [0.15, 0.2) is 5.13 Å². The van der Waals surface area contributed by atoms with Gasteiger partial charge < -0.3 is 25.8 Å². The Kier molecular flexibility index (Phi) is 7.62. The Hall–Kier alpha value is -3.22. The summed E-state index contributed by atoms with van der Waals surface area (Å²) in [5.74, 6) is -1.52. The van der Waals surface area contributed by atoms with Crippen LogP contribution < -0.4 is 21.1 Å². The molecule has 0 bridgehead atoms. The standard InChI is InChI=1S/C20H19F3N4O4S/c21-20(22,23)31-13-6-7-15-16(8-13)32-19(26-15)27-17(28)9-25-18(29)14(24)11-30-10-12-4-2-1-3-5-12/h1-8,14H,9-11,24H2,(H,25,29)(H,26,27,28)/t14-/m1/s1. The number of nitrogens with two attached hydrogens (primary N) is 1. The lowest BCUT2D eigenvalue weighted by Crippen LogP contribution is -2.46. The highest BCUT2D eigenvalue weighted by atomic mass is 32.1. The molecule has 0 saturated heterocycles. The molecule has 32 heavy (non-hydrogen) atoms. The topological polar surface area (TPSA) is 116 Å². The van der Waals surface area contributed by atoms with Gasteiger partial charge in [-0.25, -0.2) is 4.98 Å². The number of nitrogens with zero attached hydrogens (tertiary/aromatic N) is 1. The van der Waals surface area contributed by atoms with E-state index in [0.29, 0.717) is 16.8 Å². The summed E-state index contributed by atoms with van der Waals surface area (Å²) in [6.07, 6.45) is -4.80. The van der Waals surface area contributed by atoms with Crippen molar-refractivity contribution >= 4 is 38.5 Å². The number of aromatic nitrogens is 1. The van der Waals surface area contributed by atoms with Crippen LogP contribution in [0.3, 0.4) is 0 Å². The van der Waals surface area contributed by atoms with E-state index in [0.717, 1.165) is 23.0 Å². The van der Waals surface area contributed by atoms with Gasteiger partial charge >= 0.3 is 6.36 Å². The number of ether oxygens (including phenoxy) is 2. The van der Waals surface area contributed by atoms with Gasteiger partial charge in [-0.3, -0.25) is 9.59 Å². The van der Waals surface area contributed by atoms with Crippen molar-refractivity contribution in [2.24, 2.45) is 5.73 Å². The number of halogens is 3. The molecule has 8 nitrogen and oxygen atoms in total. The van der Waals surface area contributed by atoms with Crippen LogP contribution >= 0.6 is 11.3 Å². The Labute approximate surface area is 184 Å². The number of rotatable bonds is 9. The Morgan fingerprint density at radius 3 is 2.62 bits per heavy atom. The maximum Gasteiger partial charge on any atom is 0.573 e. The third-order valence-electron chi connectivity index (χ3n) is 4.01. The van der Waals surface area contributed by atoms with Crippen LogP contribution in [0.15, 0.2) is 48.5 Å². The van der Waals surface area contributed by atoms with Gasteiger partial charge in [-0.1, -0.05) is 41.7 Å². The lowest BCUT2D eigenvalue weighted by atomic mass is 10.2. The van der Waals surface area contributed by atoms with Crippen molar-refractivity contribution in [1.82, 2.24) is 10.3 Å². The number of carbonyl (C=O) groups is 2. The Morgan fingerprint density at radius 2 is 1.91 bits per heavy atom. The quantitative estimate of drug-likeness (QED) is 0.445. The summed E-state index contributed by atoms with van der Waals surface area (Å²) in [6.45, 7) is -0.0816. The molecule has 1 atom stereocenters. The predicted molar refractivity (Wildman–Crippen MR) is 112 cm³/mol. The minimum Gasteiger partial charge on any atom is -0.406 e. The molecule has 0 aliphatic carbocycles. The molecule has 2 amide bonds. The van der Waals surface area contributed by atoms with Crippen molar-refractivity contribution in [2.75, 3.05) is 18.5 Å². The lowest BCUT2D eigenvalue weighted by molar-refractivity contribution is -0.274. The van der Waals surface area contributed by atoms with E-state index in [1.165, 1.54) is 12.1 Å². The molecule has 2 aromatic carbocycles. The van der Waals surface area contributed by atoms with Gasteiger partial charge in [0, 0.05) is 6.07 Å². The number of amides is 2. The SMILES string of the molecule is N[C@H](COCc1ccccc1)C(=O)NCC(=O)Nc1nc2ccc(OC(F)(F)F)cc2s1. The monoisotopic (exact) mass is 468 g/mol. The minimum absolute atomic E-state index is 0.0253. The van der Waals surface area contributed by atoms with Crippen LogP contribution in [0.1, 0.15) is 5.56 Å². The third-order valence-corrected chi connectivity index (χ3v) is 4.94. The van der Waals surface area contributed by atoms with E-state index in [1.807, 2.05) is 30.3 Å². The largest absolute Gasteiger partial charge is 0.573 e. The highest BCUT2D eigenvalue weighted by molar-refractivity contribution is 7.22. The first-order valence-corrected chi connectivity index (χ1v) is 10.1. The normalized spacial score (nSPS) is 12.4. The average molecular weight is 468 g/mol. The van der Waals surface area contributed by atoms with Gasteiger partial charge in [0.25, 0.3) is 0 Å². The predicted octanol–water partition coefficient (Wildman–Crippen LogP) is 2.79. The van der Waals surface area contributed by atoms with E-state index in [9.17, 15) is 22.8 Å². The molecular formula is C20H19F3N4O4S. The zero-order valence-corrected chi connectivity index (χ0v) is 17.3. The van der Waals surface area contributed by atoms with Gasteiger partial charge in [-0.05, 0) is 17.7 Å². The fourth-order valence-corrected chi connectivity index (χ4v) is 3.48. The van der Waals surface area contributed by atoms with Gasteiger partial charge in [-0.15, -0.1) is 13.2 Å². The van der Waals surface area contributed by atoms with Crippen molar-refractivity contribution < 1.29 is 32.2 Å². The third kappa shape index (κ3) is 7.18. The summed E-state index contributed by atoms with van der Waals surface area (Å²) >= 11 is 0.968. The highest BCUT2D eigenvalue weighted by Gasteiger charge is 2.31. The summed E-state index contributed by atoms with van der Waals surface area (Å²) < 4.78 is 46.6. The molecule has 0 aliphatic rings. The molecule has 0 aliphatic heterocycles. The first-order chi connectivity index (χ1) is 15.2. The number of hydrogen-bond donors (Lipinski definition) is 3. The van der Waals surface area contributed by atoms with Crippen LogP contribution in [0.25, 0.3) is 10.2 Å². The number of hydrogen-bond acceptors (Lipinski definition) is 7. The fraction of sp³-hybridized carbons (Fsp3) is 0.250. The van der Waals surface area contributed by atoms with Crippen LogP contribution in [0.5, 0.6) is 5.75 Å². The molecular weight excluding hydrogens is 449 g/mol.